The highest BCUT2D eigenvalue weighted by molar-refractivity contribution is 6.27. The fraction of sp³-hybridized carbons (Fsp3) is 0.800. The molecular formula is C10H18OSi. The molecule has 0 aromatic carbocycles. The Morgan fingerprint density at radius 2 is 2.33 bits per heavy atom. The van der Waals surface area contributed by atoms with E-state index >= 15 is 0 Å². The van der Waals surface area contributed by atoms with Gasteiger partial charge in [-0.25, -0.2) is 0 Å². The molecule has 0 aromatic heterocycles. The first-order valence-corrected chi connectivity index (χ1v) is 6.74. The third-order valence-electron chi connectivity index (χ3n) is 3.25. The van der Waals surface area contributed by atoms with Crippen molar-refractivity contribution < 1.29 is 4.43 Å². The molecule has 0 aromatic rings. The molecule has 2 heteroatoms. The summed E-state index contributed by atoms with van der Waals surface area (Å²) in [4.78, 5) is 0. The lowest BCUT2D eigenvalue weighted by molar-refractivity contribution is 0.348. The van der Waals surface area contributed by atoms with Crippen LogP contribution in [0.25, 0.3) is 0 Å². The Morgan fingerprint density at radius 3 is 2.92 bits per heavy atom. The monoisotopic (exact) mass is 182 g/mol. The van der Waals surface area contributed by atoms with E-state index in [1.165, 1.54) is 18.9 Å². The Bertz CT molecular complexity index is 179. The maximum absolute atomic E-state index is 5.52. The van der Waals surface area contributed by atoms with Crippen LogP contribution in [0.4, 0.5) is 0 Å². The van der Waals surface area contributed by atoms with E-state index in [1.807, 2.05) is 0 Å². The summed E-state index contributed by atoms with van der Waals surface area (Å²) in [6, 6.07) is 1.42. The molecule has 2 aliphatic rings. The molecule has 1 saturated carbocycles. The summed E-state index contributed by atoms with van der Waals surface area (Å²) < 4.78 is 5.52. The van der Waals surface area contributed by atoms with Gasteiger partial charge in [0.15, 0.2) is 9.76 Å². The Kier molecular flexibility index (Phi) is 2.66. The molecule has 0 N–H and O–H groups in total. The maximum atomic E-state index is 5.52. The highest BCUT2D eigenvalue weighted by Crippen LogP contribution is 2.44. The minimum atomic E-state index is -0.173. The van der Waals surface area contributed by atoms with E-state index in [9.17, 15) is 0 Å². The lowest BCUT2D eigenvalue weighted by Gasteiger charge is -2.16. The Labute approximate surface area is 77.1 Å². The Balaban J connectivity index is 1.73. The molecule has 2 rings (SSSR count). The minimum absolute atomic E-state index is 0.173. The van der Waals surface area contributed by atoms with Crippen LogP contribution in [-0.2, 0) is 4.43 Å². The molecule has 0 heterocycles. The molecule has 0 spiro atoms. The van der Waals surface area contributed by atoms with Gasteiger partial charge in [-0.2, -0.15) is 0 Å². The van der Waals surface area contributed by atoms with Gasteiger partial charge in [0.25, 0.3) is 0 Å². The summed E-state index contributed by atoms with van der Waals surface area (Å²) in [5, 5.41) is 0. The van der Waals surface area contributed by atoms with Crippen LogP contribution in [0.5, 0.6) is 0 Å². The van der Waals surface area contributed by atoms with Crippen LogP contribution in [0, 0.1) is 17.8 Å². The average molecular weight is 182 g/mol. The van der Waals surface area contributed by atoms with Gasteiger partial charge < -0.3 is 4.43 Å². The Morgan fingerprint density at radius 1 is 1.42 bits per heavy atom. The summed E-state index contributed by atoms with van der Waals surface area (Å²) in [5.41, 5.74) is 0. The first-order valence-electron chi connectivity index (χ1n) is 5.16. The van der Waals surface area contributed by atoms with Crippen LogP contribution in [0.15, 0.2) is 12.2 Å². The van der Waals surface area contributed by atoms with Crippen LogP contribution < -0.4 is 0 Å². The van der Waals surface area contributed by atoms with Gasteiger partial charge in [-0.15, -0.1) is 0 Å². The minimum Gasteiger partial charge on any atom is -0.424 e. The maximum Gasteiger partial charge on any atom is 0.161 e. The summed E-state index contributed by atoms with van der Waals surface area (Å²) in [5.74, 6) is 2.87. The lowest BCUT2D eigenvalue weighted by atomic mass is 9.96. The first-order chi connectivity index (χ1) is 5.90. The van der Waals surface area contributed by atoms with Crippen LogP contribution in [0.2, 0.25) is 6.04 Å². The topological polar surface area (TPSA) is 9.23 Å². The second-order valence-corrected chi connectivity index (χ2v) is 5.42. The third kappa shape index (κ3) is 1.64. The zero-order chi connectivity index (χ0) is 8.39. The van der Waals surface area contributed by atoms with Crippen LogP contribution in [0.1, 0.15) is 19.8 Å². The van der Waals surface area contributed by atoms with E-state index in [4.69, 9.17) is 4.43 Å². The second-order valence-electron chi connectivity index (χ2n) is 4.03. The highest BCUT2D eigenvalue weighted by atomic mass is 28.2. The predicted molar refractivity (Wildman–Crippen MR) is 53.8 cm³/mol. The van der Waals surface area contributed by atoms with E-state index in [0.717, 1.165) is 24.4 Å². The molecule has 3 unspecified atom stereocenters. The number of hydrogen-bond donors (Lipinski definition) is 0. The van der Waals surface area contributed by atoms with Crippen molar-refractivity contribution in [1.82, 2.24) is 0 Å². The van der Waals surface area contributed by atoms with Crippen LogP contribution in [-0.4, -0.2) is 16.4 Å². The fourth-order valence-electron chi connectivity index (χ4n) is 2.61. The van der Waals surface area contributed by atoms with Crippen molar-refractivity contribution in [1.29, 1.82) is 0 Å². The van der Waals surface area contributed by atoms with Crippen LogP contribution >= 0.6 is 0 Å². The SMILES string of the molecule is CCO[SiH2]CC1CC2C=CC1C2. The van der Waals surface area contributed by atoms with E-state index in [2.05, 4.69) is 19.1 Å². The number of rotatable bonds is 4. The van der Waals surface area contributed by atoms with Gasteiger partial charge in [-0.1, -0.05) is 12.2 Å². The first kappa shape index (κ1) is 8.51. The van der Waals surface area contributed by atoms with Gasteiger partial charge in [0.1, 0.15) is 0 Å². The van der Waals surface area contributed by atoms with Crippen molar-refractivity contribution in [3.05, 3.63) is 12.2 Å². The zero-order valence-corrected chi connectivity index (χ0v) is 9.24. The van der Waals surface area contributed by atoms with E-state index < -0.39 is 0 Å². The Hall–Kier alpha value is -0.0831. The van der Waals surface area contributed by atoms with Gasteiger partial charge in [0.2, 0.25) is 0 Å². The quantitative estimate of drug-likeness (QED) is 0.365. The third-order valence-corrected chi connectivity index (χ3v) is 4.93. The summed E-state index contributed by atoms with van der Waals surface area (Å²) in [6.45, 7) is 3.04. The molecule has 2 aliphatic carbocycles. The lowest BCUT2D eigenvalue weighted by Crippen LogP contribution is -2.11. The fourth-order valence-corrected chi connectivity index (χ4v) is 4.03. The van der Waals surface area contributed by atoms with Crippen molar-refractivity contribution >= 4 is 9.76 Å². The summed E-state index contributed by atoms with van der Waals surface area (Å²) in [6.07, 6.45) is 7.77. The highest BCUT2D eigenvalue weighted by Gasteiger charge is 2.34. The molecule has 68 valence electrons. The van der Waals surface area contributed by atoms with Gasteiger partial charge in [-0.3, -0.25) is 0 Å². The van der Waals surface area contributed by atoms with E-state index in [1.54, 1.807) is 0 Å². The van der Waals surface area contributed by atoms with Crippen molar-refractivity contribution in [2.24, 2.45) is 17.8 Å². The normalized spacial score (nSPS) is 38.9. The van der Waals surface area contributed by atoms with Gasteiger partial charge in [0.05, 0.1) is 0 Å². The molecule has 0 radical (unpaired) electrons. The molecule has 1 nitrogen and oxygen atoms in total. The summed E-state index contributed by atoms with van der Waals surface area (Å²) >= 11 is 0. The number of hydrogen-bond acceptors (Lipinski definition) is 1. The standard InChI is InChI=1S/C10H18OSi/c1-2-11-12-7-10-6-8-3-4-9(10)5-8/h3-4,8-10H,2,5-7,12H2,1H3. The number of fused-ring (bicyclic) bond motifs is 2. The van der Waals surface area contributed by atoms with Crippen molar-refractivity contribution in [3.8, 4) is 0 Å². The molecule has 1 fully saturated rings. The van der Waals surface area contributed by atoms with Gasteiger partial charge >= 0.3 is 0 Å². The molecule has 0 aliphatic heterocycles. The van der Waals surface area contributed by atoms with E-state index in [0.29, 0.717) is 0 Å². The molecule has 12 heavy (non-hydrogen) atoms. The zero-order valence-electron chi connectivity index (χ0n) is 7.83. The average Bonchev–Trinajstić information content (AvgIpc) is 2.65. The molecular weight excluding hydrogens is 164 g/mol. The largest absolute Gasteiger partial charge is 0.424 e. The predicted octanol–water partition coefficient (Wildman–Crippen LogP) is 1.74. The smallest absolute Gasteiger partial charge is 0.161 e. The molecule has 0 amide bonds. The molecule has 2 bridgehead atoms. The number of allylic oxidation sites excluding steroid dienone is 2. The molecule has 0 saturated heterocycles. The van der Waals surface area contributed by atoms with E-state index in [-0.39, 0.29) is 9.76 Å². The van der Waals surface area contributed by atoms with Crippen molar-refractivity contribution in [3.63, 3.8) is 0 Å². The van der Waals surface area contributed by atoms with Gasteiger partial charge in [-0.05, 0) is 43.6 Å². The van der Waals surface area contributed by atoms with Crippen molar-refractivity contribution in [2.45, 2.75) is 25.8 Å². The van der Waals surface area contributed by atoms with Crippen molar-refractivity contribution in [2.75, 3.05) is 6.61 Å². The van der Waals surface area contributed by atoms with Crippen LogP contribution in [0.3, 0.4) is 0 Å². The molecule has 3 atom stereocenters. The second kappa shape index (κ2) is 3.75. The summed E-state index contributed by atoms with van der Waals surface area (Å²) in [7, 11) is -0.173. The van der Waals surface area contributed by atoms with Gasteiger partial charge in [0, 0.05) is 6.61 Å².